The van der Waals surface area contributed by atoms with E-state index in [4.69, 9.17) is 11.1 Å². The summed E-state index contributed by atoms with van der Waals surface area (Å²) in [5, 5.41) is 12.0. The molecule has 2 bridgehead atoms. The van der Waals surface area contributed by atoms with Gasteiger partial charge in [0.25, 0.3) is 5.91 Å². The summed E-state index contributed by atoms with van der Waals surface area (Å²) in [5.74, 6) is 1.97. The van der Waals surface area contributed by atoms with Crippen LogP contribution in [0.5, 0.6) is 0 Å². The zero-order valence-corrected chi connectivity index (χ0v) is 20.8. The number of carbonyl (C=O) groups is 2. The van der Waals surface area contributed by atoms with E-state index in [9.17, 15) is 9.59 Å². The number of benzene rings is 2. The number of nitrogens with one attached hydrogen (secondary N) is 2. The molecule has 3 aliphatic rings. The summed E-state index contributed by atoms with van der Waals surface area (Å²) in [6.07, 6.45) is 7.57. The van der Waals surface area contributed by atoms with Crippen LogP contribution in [0, 0.1) is 23.2 Å². The number of nitrogen functional groups attached to an aromatic ring is 1. The highest BCUT2D eigenvalue weighted by Crippen LogP contribution is 2.51. The van der Waals surface area contributed by atoms with E-state index in [0.717, 1.165) is 36.9 Å². The normalized spacial score (nSPS) is 23.5. The van der Waals surface area contributed by atoms with Gasteiger partial charge in [0.05, 0.1) is 17.4 Å². The van der Waals surface area contributed by atoms with Crippen molar-refractivity contribution in [1.29, 1.82) is 5.41 Å². The van der Waals surface area contributed by atoms with Gasteiger partial charge in [0.2, 0.25) is 0 Å². The number of amides is 1. The molecular formula is C31H32N4O2. The highest BCUT2D eigenvalue weighted by molar-refractivity contribution is 6.14. The fraction of sp³-hybridized carbons (Fsp3) is 0.355. The molecule has 1 aromatic heterocycles. The van der Waals surface area contributed by atoms with Crippen LogP contribution in [0.4, 0.5) is 5.69 Å². The molecule has 3 atom stereocenters. The first kappa shape index (κ1) is 23.6. The Balaban J connectivity index is 1.20. The molecule has 0 aliphatic heterocycles. The molecule has 2 unspecified atom stereocenters. The predicted octanol–water partition coefficient (Wildman–Crippen LogP) is 5.43. The molecule has 6 rings (SSSR count). The van der Waals surface area contributed by atoms with Gasteiger partial charge in [-0.2, -0.15) is 0 Å². The van der Waals surface area contributed by atoms with Gasteiger partial charge in [0.1, 0.15) is 5.78 Å². The van der Waals surface area contributed by atoms with Crippen LogP contribution in [-0.4, -0.2) is 22.4 Å². The van der Waals surface area contributed by atoms with Crippen molar-refractivity contribution in [3.63, 3.8) is 0 Å². The van der Waals surface area contributed by atoms with Gasteiger partial charge in [0, 0.05) is 41.4 Å². The first-order valence-corrected chi connectivity index (χ1v) is 13.3. The Hall–Kier alpha value is -3.80. The van der Waals surface area contributed by atoms with Crippen molar-refractivity contribution in [3.8, 4) is 0 Å². The minimum atomic E-state index is -0.186. The number of aromatic nitrogens is 1. The fourth-order valence-corrected chi connectivity index (χ4v) is 6.43. The van der Waals surface area contributed by atoms with Crippen LogP contribution in [0.25, 0.3) is 0 Å². The van der Waals surface area contributed by atoms with Gasteiger partial charge in [-0.05, 0) is 85.3 Å². The molecule has 3 aromatic rings. The maximum atomic E-state index is 13.2. The number of fused-ring (bicyclic) bond motifs is 2. The molecule has 3 fully saturated rings. The molecule has 2 aromatic carbocycles. The maximum Gasteiger partial charge on any atom is 0.251 e. The van der Waals surface area contributed by atoms with Gasteiger partial charge in [0.15, 0.2) is 0 Å². The Morgan fingerprint density at radius 1 is 0.946 bits per heavy atom. The molecule has 3 aliphatic carbocycles. The lowest BCUT2D eigenvalue weighted by Crippen LogP contribution is -2.30. The topological polar surface area (TPSA) is 109 Å². The number of nitrogens with two attached hydrogens (primary N) is 1. The monoisotopic (exact) mass is 492 g/mol. The minimum absolute atomic E-state index is 0.118. The molecule has 0 radical (unpaired) electrons. The number of hydrogen-bond acceptors (Lipinski definition) is 5. The lowest BCUT2D eigenvalue weighted by Gasteiger charge is -2.29. The smallest absolute Gasteiger partial charge is 0.251 e. The van der Waals surface area contributed by atoms with Gasteiger partial charge < -0.3 is 11.1 Å². The Morgan fingerprint density at radius 2 is 1.65 bits per heavy atom. The summed E-state index contributed by atoms with van der Waals surface area (Å²) < 4.78 is 0. The molecule has 1 heterocycles. The third-order valence-electron chi connectivity index (χ3n) is 8.46. The molecule has 0 saturated heterocycles. The van der Waals surface area contributed by atoms with Crippen LogP contribution in [0.2, 0.25) is 0 Å². The Labute approximate surface area is 217 Å². The van der Waals surface area contributed by atoms with Crippen molar-refractivity contribution in [1.82, 2.24) is 10.3 Å². The van der Waals surface area contributed by atoms with Gasteiger partial charge in [-0.3, -0.25) is 20.0 Å². The molecule has 0 spiro atoms. The van der Waals surface area contributed by atoms with E-state index < -0.39 is 0 Å². The second-order valence-electron chi connectivity index (χ2n) is 10.9. The molecular weight excluding hydrogens is 460 g/mol. The van der Waals surface area contributed by atoms with E-state index in [-0.39, 0.29) is 11.9 Å². The van der Waals surface area contributed by atoms with Gasteiger partial charge >= 0.3 is 0 Å². The average Bonchev–Trinajstić information content (AvgIpc) is 3.72. The van der Waals surface area contributed by atoms with Crippen molar-refractivity contribution in [2.75, 3.05) is 5.73 Å². The lowest BCUT2D eigenvalue weighted by atomic mass is 9.74. The Bertz CT molecular complexity index is 1330. The second-order valence-corrected chi connectivity index (χ2v) is 10.9. The van der Waals surface area contributed by atoms with E-state index in [0.29, 0.717) is 64.8 Å². The van der Waals surface area contributed by atoms with Crippen LogP contribution >= 0.6 is 0 Å². The highest BCUT2D eigenvalue weighted by Gasteiger charge is 2.42. The third kappa shape index (κ3) is 4.68. The van der Waals surface area contributed by atoms with E-state index in [1.807, 2.05) is 30.3 Å². The van der Waals surface area contributed by atoms with Gasteiger partial charge in [-0.25, -0.2) is 0 Å². The summed E-state index contributed by atoms with van der Waals surface area (Å²) in [4.78, 5) is 29.7. The van der Waals surface area contributed by atoms with E-state index in [1.165, 1.54) is 5.56 Å². The molecule has 37 heavy (non-hydrogen) atoms. The molecule has 6 nitrogen and oxygen atoms in total. The van der Waals surface area contributed by atoms with Crippen LogP contribution < -0.4 is 11.1 Å². The number of pyridine rings is 1. The molecule has 4 N–H and O–H groups in total. The largest absolute Gasteiger partial charge is 0.398 e. The van der Waals surface area contributed by atoms with Gasteiger partial charge in [-0.15, -0.1) is 0 Å². The molecule has 1 amide bonds. The average molecular weight is 493 g/mol. The number of hydrogen-bond donors (Lipinski definition) is 3. The van der Waals surface area contributed by atoms with Crippen molar-refractivity contribution in [3.05, 3.63) is 94.8 Å². The Kier molecular flexibility index (Phi) is 6.11. The number of ketones is 1. The summed E-state index contributed by atoms with van der Waals surface area (Å²) >= 11 is 0. The zero-order chi connectivity index (χ0) is 25.5. The standard InChI is InChI=1S/C31H32N4O2/c32-26-13-12-23(31(37)35-30(20-8-9-20)27-3-1-2-14-34-27)17-25(26)29(33)19-6-4-18(5-7-19)28-21-10-11-22(28)16-24(36)15-21/h1-7,12-14,17,20-22,28,30,33H,8-11,15-16,32H2,(H,35,37)/t21?,22?,28?,30-/m1/s1. The SMILES string of the molecule is N=C(c1ccc(C2C3CCC2CC(=O)C3)cc1)c1cc(C(=O)N[C@@H](c2ccccn2)C2CC2)ccc1N. The number of carbonyl (C=O) groups excluding carboxylic acids is 2. The molecule has 3 saturated carbocycles. The predicted molar refractivity (Wildman–Crippen MR) is 144 cm³/mol. The van der Waals surface area contributed by atoms with E-state index in [1.54, 1.807) is 24.4 Å². The number of nitrogens with zero attached hydrogens (tertiary/aromatic N) is 1. The van der Waals surface area contributed by atoms with Crippen LogP contribution in [0.15, 0.2) is 66.9 Å². The molecule has 188 valence electrons. The zero-order valence-electron chi connectivity index (χ0n) is 20.8. The maximum absolute atomic E-state index is 13.2. The summed E-state index contributed by atoms with van der Waals surface area (Å²) in [6.45, 7) is 0. The Morgan fingerprint density at radius 3 is 2.30 bits per heavy atom. The third-order valence-corrected chi connectivity index (χ3v) is 8.46. The lowest BCUT2D eigenvalue weighted by molar-refractivity contribution is -0.122. The van der Waals surface area contributed by atoms with Crippen molar-refractivity contribution < 1.29 is 9.59 Å². The van der Waals surface area contributed by atoms with Gasteiger partial charge in [-0.1, -0.05) is 30.3 Å². The van der Waals surface area contributed by atoms with Crippen LogP contribution in [0.1, 0.15) is 83.2 Å². The number of rotatable bonds is 7. The van der Waals surface area contributed by atoms with Crippen molar-refractivity contribution >= 4 is 23.1 Å². The summed E-state index contributed by atoms with van der Waals surface area (Å²) in [5.41, 5.74) is 11.0. The number of anilines is 1. The van der Waals surface area contributed by atoms with E-state index in [2.05, 4.69) is 22.4 Å². The minimum Gasteiger partial charge on any atom is -0.398 e. The highest BCUT2D eigenvalue weighted by atomic mass is 16.1. The van der Waals surface area contributed by atoms with Crippen LogP contribution in [0.3, 0.4) is 0 Å². The summed E-state index contributed by atoms with van der Waals surface area (Å²) in [6, 6.07) is 19.0. The first-order valence-electron chi connectivity index (χ1n) is 13.3. The van der Waals surface area contributed by atoms with Crippen molar-refractivity contribution in [2.45, 2.75) is 50.5 Å². The first-order chi connectivity index (χ1) is 18.0. The summed E-state index contributed by atoms with van der Waals surface area (Å²) in [7, 11) is 0. The number of Topliss-reactive ketones (excluding diaryl/α,β-unsaturated/α-hetero) is 1. The molecule has 6 heteroatoms. The fourth-order valence-electron chi connectivity index (χ4n) is 6.43. The van der Waals surface area contributed by atoms with E-state index >= 15 is 0 Å². The second kappa shape index (κ2) is 9.58. The van der Waals surface area contributed by atoms with Crippen LogP contribution in [-0.2, 0) is 4.79 Å². The quantitative estimate of drug-likeness (QED) is 0.302. The van der Waals surface area contributed by atoms with Crippen molar-refractivity contribution in [2.24, 2.45) is 17.8 Å².